The zero-order valence-electron chi connectivity index (χ0n) is 28.5. The third-order valence-electron chi connectivity index (χ3n) is 10.6. The lowest BCUT2D eigenvalue weighted by atomic mass is 9.71. The molecule has 8 nitrogen and oxygen atoms in total. The van der Waals surface area contributed by atoms with Crippen molar-refractivity contribution >= 4 is 21.6 Å². The summed E-state index contributed by atoms with van der Waals surface area (Å²) in [5.41, 5.74) is 5.51. The molecule has 0 aromatic heterocycles. The van der Waals surface area contributed by atoms with E-state index in [4.69, 9.17) is 18.9 Å². The van der Waals surface area contributed by atoms with Crippen LogP contribution in [0, 0.1) is 11.8 Å². The van der Waals surface area contributed by atoms with E-state index >= 15 is 0 Å². The number of hydrogen-bond acceptors (Lipinski definition) is 10. The van der Waals surface area contributed by atoms with Crippen molar-refractivity contribution in [2.75, 3.05) is 26.6 Å². The molecule has 262 valence electrons. The Morgan fingerprint density at radius 3 is 2.59 bits per heavy atom. The molecule has 3 aromatic carbocycles. The molecule has 0 saturated carbocycles. The van der Waals surface area contributed by atoms with Crippen molar-refractivity contribution in [3.05, 3.63) is 64.7 Å². The third kappa shape index (κ3) is 6.40. The van der Waals surface area contributed by atoms with Gasteiger partial charge < -0.3 is 39.4 Å². The molecule has 4 N–H and O–H groups in total. The summed E-state index contributed by atoms with van der Waals surface area (Å²) in [5, 5.41) is 45.8. The number of fused-ring (bicyclic) bond motifs is 6. The van der Waals surface area contributed by atoms with E-state index in [-0.39, 0.29) is 46.1 Å². The standard InChI is InChI=1S/C39H46O8S2/c1-20(2)12-13-46-32-17-28(35(41)39(45-4)37(32)43)38-36(42)29-19-48-49-24-7-5-6-21(14-24)8-9-22-15-27-33(25-11-10-23(40)16-26(22)25)30(44-3)18-31(47-38)34(27)29/h5,7,10-11,16-18,20-22,24,29,36,38,40-43H,6,8-9,12-15,19H2,1-4H3. The van der Waals surface area contributed by atoms with Crippen LogP contribution in [-0.4, -0.2) is 58.4 Å². The number of hydrogen-bond donors (Lipinski definition) is 4. The maximum Gasteiger partial charge on any atom is 0.207 e. The highest BCUT2D eigenvalue weighted by molar-refractivity contribution is 8.77. The summed E-state index contributed by atoms with van der Waals surface area (Å²) >= 11 is 0. The van der Waals surface area contributed by atoms with Crippen molar-refractivity contribution in [2.24, 2.45) is 11.8 Å². The summed E-state index contributed by atoms with van der Waals surface area (Å²) in [5.74, 6) is 2.41. The fourth-order valence-electron chi connectivity index (χ4n) is 8.05. The number of aromatic hydroxyl groups is 3. The molecular formula is C39H46O8S2. The van der Waals surface area contributed by atoms with E-state index in [2.05, 4.69) is 26.0 Å². The zero-order valence-corrected chi connectivity index (χ0v) is 30.1. The van der Waals surface area contributed by atoms with E-state index in [0.717, 1.165) is 66.3 Å². The predicted molar refractivity (Wildman–Crippen MR) is 195 cm³/mol. The molecule has 6 atom stereocenters. The highest BCUT2D eigenvalue weighted by Gasteiger charge is 2.45. The van der Waals surface area contributed by atoms with Crippen LogP contribution >= 0.6 is 21.6 Å². The number of ether oxygens (including phenoxy) is 4. The molecule has 7 rings (SSSR count). The lowest BCUT2D eigenvalue weighted by molar-refractivity contribution is 0.00296. The molecule has 2 heterocycles. The van der Waals surface area contributed by atoms with Crippen LogP contribution < -0.4 is 18.9 Å². The monoisotopic (exact) mass is 706 g/mol. The Labute approximate surface area is 296 Å². The Morgan fingerprint density at radius 1 is 0.980 bits per heavy atom. The second-order valence-electron chi connectivity index (χ2n) is 14.1. The average molecular weight is 707 g/mol. The normalized spacial score (nSPS) is 25.7. The summed E-state index contributed by atoms with van der Waals surface area (Å²) in [7, 11) is 6.66. The van der Waals surface area contributed by atoms with E-state index in [1.807, 2.05) is 29.0 Å². The van der Waals surface area contributed by atoms with Crippen molar-refractivity contribution in [1.29, 1.82) is 0 Å². The number of methoxy groups -OCH3 is 2. The van der Waals surface area contributed by atoms with Gasteiger partial charge in [0.1, 0.15) is 23.4 Å². The van der Waals surface area contributed by atoms with Gasteiger partial charge in [0, 0.05) is 39.7 Å². The Hall–Kier alpha value is -3.34. The second-order valence-corrected chi connectivity index (χ2v) is 16.8. The molecule has 3 aromatic rings. The summed E-state index contributed by atoms with van der Waals surface area (Å²) < 4.78 is 24.2. The number of rotatable bonds is 7. The lowest BCUT2D eigenvalue weighted by Gasteiger charge is -2.41. The van der Waals surface area contributed by atoms with Crippen LogP contribution in [0.15, 0.2) is 42.5 Å². The largest absolute Gasteiger partial charge is 0.508 e. The number of phenols is 3. The summed E-state index contributed by atoms with van der Waals surface area (Å²) in [4.78, 5) is 0. The van der Waals surface area contributed by atoms with Crippen LogP contribution in [0.5, 0.6) is 40.2 Å². The molecule has 4 aliphatic rings. The van der Waals surface area contributed by atoms with Gasteiger partial charge in [-0.25, -0.2) is 0 Å². The van der Waals surface area contributed by atoms with Crippen molar-refractivity contribution in [3.63, 3.8) is 0 Å². The molecule has 0 spiro atoms. The average Bonchev–Trinajstić information content (AvgIpc) is 3.09. The fraction of sp³-hybridized carbons (Fsp3) is 0.487. The van der Waals surface area contributed by atoms with Crippen LogP contribution in [-0.2, 0) is 6.42 Å². The number of benzene rings is 3. The minimum absolute atomic E-state index is 0.122. The van der Waals surface area contributed by atoms with Gasteiger partial charge in [0.25, 0.3) is 0 Å². The van der Waals surface area contributed by atoms with Crippen LogP contribution in [0.1, 0.15) is 86.1 Å². The van der Waals surface area contributed by atoms with Gasteiger partial charge in [0.05, 0.1) is 20.8 Å². The molecule has 0 saturated heterocycles. The van der Waals surface area contributed by atoms with Crippen molar-refractivity contribution < 1.29 is 39.4 Å². The van der Waals surface area contributed by atoms with E-state index in [0.29, 0.717) is 40.9 Å². The van der Waals surface area contributed by atoms with E-state index in [9.17, 15) is 20.4 Å². The SMILES string of the molecule is COc1cc2c3c4c1-c1ccc(O)cc1C(CCC1CC=CC(C1)SSCC3C(O)C(c1cc(OCCC(C)C)c(O)c(OC)c1O)O2)C4. The number of aliphatic hydroxyl groups excluding tert-OH is 1. The first kappa shape index (κ1) is 34.1. The minimum atomic E-state index is -1.04. The Morgan fingerprint density at radius 2 is 1.82 bits per heavy atom. The number of aliphatic hydroxyl groups is 1. The molecule has 2 aliphatic carbocycles. The van der Waals surface area contributed by atoms with Gasteiger partial charge in [0.15, 0.2) is 17.6 Å². The van der Waals surface area contributed by atoms with Crippen LogP contribution in [0.25, 0.3) is 11.1 Å². The predicted octanol–water partition coefficient (Wildman–Crippen LogP) is 8.64. The van der Waals surface area contributed by atoms with Gasteiger partial charge in [-0.15, -0.1) is 0 Å². The Kier molecular flexibility index (Phi) is 9.83. The summed E-state index contributed by atoms with van der Waals surface area (Å²) in [6, 6.07) is 9.11. The summed E-state index contributed by atoms with van der Waals surface area (Å²) in [6.07, 6.45) is 8.42. The van der Waals surface area contributed by atoms with Crippen LogP contribution in [0.3, 0.4) is 0 Å². The molecule has 4 bridgehead atoms. The first-order valence-electron chi connectivity index (χ1n) is 17.3. The van der Waals surface area contributed by atoms with Gasteiger partial charge in [-0.1, -0.05) is 53.7 Å². The Bertz CT molecular complexity index is 1740. The van der Waals surface area contributed by atoms with Gasteiger partial charge in [-0.05, 0) is 91.2 Å². The zero-order chi connectivity index (χ0) is 34.4. The van der Waals surface area contributed by atoms with Crippen molar-refractivity contribution in [1.82, 2.24) is 0 Å². The maximum atomic E-state index is 12.4. The van der Waals surface area contributed by atoms with Gasteiger partial charge in [-0.3, -0.25) is 0 Å². The second kappa shape index (κ2) is 14.1. The van der Waals surface area contributed by atoms with E-state index in [1.54, 1.807) is 30.0 Å². The van der Waals surface area contributed by atoms with E-state index in [1.165, 1.54) is 7.11 Å². The number of allylic oxidation sites excluding steroid dienone is 1. The van der Waals surface area contributed by atoms with Crippen LogP contribution in [0.2, 0.25) is 0 Å². The molecule has 49 heavy (non-hydrogen) atoms. The minimum Gasteiger partial charge on any atom is -0.508 e. The first-order valence-corrected chi connectivity index (χ1v) is 19.7. The van der Waals surface area contributed by atoms with Crippen molar-refractivity contribution in [3.8, 4) is 51.4 Å². The Balaban J connectivity index is 1.38. The maximum absolute atomic E-state index is 12.4. The lowest BCUT2D eigenvalue weighted by Crippen LogP contribution is -2.37. The molecule has 0 amide bonds. The van der Waals surface area contributed by atoms with Gasteiger partial charge in [0.2, 0.25) is 11.5 Å². The molecule has 2 aliphatic heterocycles. The highest BCUT2D eigenvalue weighted by atomic mass is 33.1. The van der Waals surface area contributed by atoms with Crippen LogP contribution in [0.4, 0.5) is 0 Å². The summed E-state index contributed by atoms with van der Waals surface area (Å²) in [6.45, 7) is 4.56. The smallest absolute Gasteiger partial charge is 0.207 e. The number of phenolic OH excluding ortho intramolecular Hbond substituents is 3. The molecular weight excluding hydrogens is 661 g/mol. The molecule has 6 unspecified atom stereocenters. The van der Waals surface area contributed by atoms with Gasteiger partial charge in [-0.2, -0.15) is 0 Å². The quantitative estimate of drug-likeness (QED) is 0.141. The van der Waals surface area contributed by atoms with Gasteiger partial charge >= 0.3 is 0 Å². The van der Waals surface area contributed by atoms with Crippen molar-refractivity contribution in [2.45, 2.75) is 81.7 Å². The third-order valence-corrected chi connectivity index (χ3v) is 13.4. The topological polar surface area (TPSA) is 118 Å². The molecule has 0 fully saturated rings. The van der Waals surface area contributed by atoms with E-state index < -0.39 is 12.2 Å². The molecule has 10 heteroatoms. The molecule has 0 radical (unpaired) electrons. The fourth-order valence-corrected chi connectivity index (χ4v) is 11.0. The highest BCUT2D eigenvalue weighted by Crippen LogP contribution is 2.58. The first-order chi connectivity index (χ1) is 23.7.